The SMILES string of the molecule is CC(CN)CCNc1ccn(C)n1. The topological polar surface area (TPSA) is 55.9 Å². The van der Waals surface area contributed by atoms with Crippen molar-refractivity contribution in [1.29, 1.82) is 0 Å². The van der Waals surface area contributed by atoms with Crippen molar-refractivity contribution in [3.05, 3.63) is 12.3 Å². The zero-order chi connectivity index (χ0) is 9.68. The van der Waals surface area contributed by atoms with Crippen molar-refractivity contribution in [3.63, 3.8) is 0 Å². The smallest absolute Gasteiger partial charge is 0.147 e. The van der Waals surface area contributed by atoms with Crippen LogP contribution in [0.1, 0.15) is 13.3 Å². The van der Waals surface area contributed by atoms with Gasteiger partial charge in [-0.15, -0.1) is 0 Å². The molecule has 1 aromatic heterocycles. The second-order valence-electron chi connectivity index (χ2n) is 3.43. The molecule has 0 aromatic carbocycles. The van der Waals surface area contributed by atoms with Crippen LogP contribution in [-0.4, -0.2) is 22.9 Å². The number of nitrogens with zero attached hydrogens (tertiary/aromatic N) is 2. The van der Waals surface area contributed by atoms with E-state index < -0.39 is 0 Å². The first-order valence-electron chi connectivity index (χ1n) is 4.66. The quantitative estimate of drug-likeness (QED) is 0.708. The first-order valence-corrected chi connectivity index (χ1v) is 4.66. The molecule has 1 rings (SSSR count). The Balaban J connectivity index is 2.20. The van der Waals surface area contributed by atoms with Crippen molar-refractivity contribution >= 4 is 5.82 Å². The maximum absolute atomic E-state index is 5.51. The summed E-state index contributed by atoms with van der Waals surface area (Å²) in [6.45, 7) is 3.85. The van der Waals surface area contributed by atoms with E-state index in [1.807, 2.05) is 19.3 Å². The summed E-state index contributed by atoms with van der Waals surface area (Å²) in [5.41, 5.74) is 5.51. The van der Waals surface area contributed by atoms with Crippen LogP contribution in [0.5, 0.6) is 0 Å². The molecule has 4 heteroatoms. The molecular weight excluding hydrogens is 164 g/mol. The molecule has 0 saturated carbocycles. The van der Waals surface area contributed by atoms with Crippen molar-refractivity contribution in [2.75, 3.05) is 18.4 Å². The molecule has 0 bridgehead atoms. The summed E-state index contributed by atoms with van der Waals surface area (Å²) in [6.07, 6.45) is 3.02. The molecule has 0 aliphatic heterocycles. The average molecular weight is 182 g/mol. The van der Waals surface area contributed by atoms with Crippen LogP contribution in [0.4, 0.5) is 5.82 Å². The van der Waals surface area contributed by atoms with Gasteiger partial charge in [-0.3, -0.25) is 4.68 Å². The number of hydrogen-bond donors (Lipinski definition) is 2. The normalized spacial score (nSPS) is 12.8. The van der Waals surface area contributed by atoms with Gasteiger partial charge in [0.25, 0.3) is 0 Å². The lowest BCUT2D eigenvalue weighted by molar-refractivity contribution is 0.560. The first kappa shape index (κ1) is 10.1. The molecule has 3 N–H and O–H groups in total. The molecule has 0 aliphatic carbocycles. The van der Waals surface area contributed by atoms with Crippen molar-refractivity contribution in [3.8, 4) is 0 Å². The summed E-state index contributed by atoms with van der Waals surface area (Å²) in [6, 6.07) is 1.97. The van der Waals surface area contributed by atoms with Crippen molar-refractivity contribution in [2.24, 2.45) is 18.7 Å². The summed E-state index contributed by atoms with van der Waals surface area (Å²) in [7, 11) is 1.91. The van der Waals surface area contributed by atoms with Crippen molar-refractivity contribution in [1.82, 2.24) is 9.78 Å². The second-order valence-corrected chi connectivity index (χ2v) is 3.43. The monoisotopic (exact) mass is 182 g/mol. The van der Waals surface area contributed by atoms with E-state index in [0.29, 0.717) is 5.92 Å². The summed E-state index contributed by atoms with van der Waals surface area (Å²) in [5, 5.41) is 7.45. The van der Waals surface area contributed by atoms with Gasteiger partial charge >= 0.3 is 0 Å². The van der Waals surface area contributed by atoms with Crippen LogP contribution in [0, 0.1) is 5.92 Å². The zero-order valence-electron chi connectivity index (χ0n) is 8.33. The van der Waals surface area contributed by atoms with Crippen LogP contribution in [-0.2, 0) is 7.05 Å². The van der Waals surface area contributed by atoms with Gasteiger partial charge in [-0.05, 0) is 18.9 Å². The lowest BCUT2D eigenvalue weighted by Gasteiger charge is -2.07. The third-order valence-electron chi connectivity index (χ3n) is 2.06. The molecule has 0 spiro atoms. The van der Waals surface area contributed by atoms with E-state index in [1.165, 1.54) is 0 Å². The third kappa shape index (κ3) is 3.46. The van der Waals surface area contributed by atoms with Gasteiger partial charge in [0.05, 0.1) is 0 Å². The predicted molar refractivity (Wildman–Crippen MR) is 54.5 cm³/mol. The Hall–Kier alpha value is -1.03. The minimum absolute atomic E-state index is 0.580. The molecule has 74 valence electrons. The van der Waals surface area contributed by atoms with Crippen molar-refractivity contribution in [2.45, 2.75) is 13.3 Å². The van der Waals surface area contributed by atoms with E-state index >= 15 is 0 Å². The molecule has 0 aliphatic rings. The Labute approximate surface area is 79.1 Å². The Morgan fingerprint density at radius 3 is 3.00 bits per heavy atom. The number of nitrogens with one attached hydrogen (secondary N) is 1. The van der Waals surface area contributed by atoms with E-state index in [9.17, 15) is 0 Å². The zero-order valence-corrected chi connectivity index (χ0v) is 8.33. The lowest BCUT2D eigenvalue weighted by atomic mass is 10.1. The first-order chi connectivity index (χ1) is 6.22. The van der Waals surface area contributed by atoms with Crippen LogP contribution in [0.3, 0.4) is 0 Å². The summed E-state index contributed by atoms with van der Waals surface area (Å²) < 4.78 is 1.79. The van der Waals surface area contributed by atoms with Gasteiger partial charge in [-0.25, -0.2) is 0 Å². The fourth-order valence-electron chi connectivity index (χ4n) is 1.07. The van der Waals surface area contributed by atoms with Gasteiger partial charge in [0.15, 0.2) is 0 Å². The minimum Gasteiger partial charge on any atom is -0.369 e. The third-order valence-corrected chi connectivity index (χ3v) is 2.06. The molecule has 0 saturated heterocycles. The van der Waals surface area contributed by atoms with Gasteiger partial charge in [0.2, 0.25) is 0 Å². The maximum Gasteiger partial charge on any atom is 0.147 e. The maximum atomic E-state index is 5.51. The molecule has 1 unspecified atom stereocenters. The Bertz CT molecular complexity index is 244. The summed E-state index contributed by atoms with van der Waals surface area (Å²) in [4.78, 5) is 0. The fraction of sp³-hybridized carbons (Fsp3) is 0.667. The van der Waals surface area contributed by atoms with E-state index in [2.05, 4.69) is 17.3 Å². The second kappa shape index (κ2) is 4.87. The van der Waals surface area contributed by atoms with Crippen LogP contribution >= 0.6 is 0 Å². The van der Waals surface area contributed by atoms with Crippen LogP contribution in [0.2, 0.25) is 0 Å². The Kier molecular flexibility index (Phi) is 3.76. The lowest BCUT2D eigenvalue weighted by Crippen LogP contribution is -2.15. The van der Waals surface area contributed by atoms with Gasteiger partial charge < -0.3 is 11.1 Å². The molecule has 0 fully saturated rings. The molecule has 13 heavy (non-hydrogen) atoms. The highest BCUT2D eigenvalue weighted by Crippen LogP contribution is 2.03. The van der Waals surface area contributed by atoms with E-state index in [1.54, 1.807) is 4.68 Å². The fourth-order valence-corrected chi connectivity index (χ4v) is 1.07. The number of nitrogens with two attached hydrogens (primary N) is 1. The van der Waals surface area contributed by atoms with Gasteiger partial charge in [-0.2, -0.15) is 5.10 Å². The summed E-state index contributed by atoms with van der Waals surface area (Å²) >= 11 is 0. The highest BCUT2D eigenvalue weighted by atomic mass is 15.3. The minimum atomic E-state index is 0.580. The Morgan fingerprint density at radius 1 is 1.69 bits per heavy atom. The van der Waals surface area contributed by atoms with Crippen LogP contribution in [0.15, 0.2) is 12.3 Å². The summed E-state index contributed by atoms with van der Waals surface area (Å²) in [5.74, 6) is 1.52. The number of rotatable bonds is 5. The average Bonchev–Trinajstić information content (AvgIpc) is 2.51. The molecule has 1 heterocycles. The van der Waals surface area contributed by atoms with Crippen LogP contribution in [0.25, 0.3) is 0 Å². The van der Waals surface area contributed by atoms with Crippen molar-refractivity contribution < 1.29 is 0 Å². The molecule has 0 amide bonds. The Morgan fingerprint density at radius 2 is 2.46 bits per heavy atom. The molecule has 0 radical (unpaired) electrons. The van der Waals surface area contributed by atoms with E-state index in [4.69, 9.17) is 5.73 Å². The van der Waals surface area contributed by atoms with Crippen LogP contribution < -0.4 is 11.1 Å². The molecule has 1 atom stereocenters. The predicted octanol–water partition coefficient (Wildman–Crippen LogP) is 0.817. The molecule has 4 nitrogen and oxygen atoms in total. The van der Waals surface area contributed by atoms with Gasteiger partial charge in [0, 0.05) is 25.9 Å². The number of aromatic nitrogens is 2. The van der Waals surface area contributed by atoms with Gasteiger partial charge in [0.1, 0.15) is 5.82 Å². The largest absolute Gasteiger partial charge is 0.369 e. The molecular formula is C9H18N4. The number of anilines is 1. The molecule has 1 aromatic rings. The highest BCUT2D eigenvalue weighted by molar-refractivity contribution is 5.31. The standard InChI is InChI=1S/C9H18N4/c1-8(7-10)3-5-11-9-4-6-13(2)12-9/h4,6,8H,3,5,7,10H2,1-2H3,(H,11,12). The van der Waals surface area contributed by atoms with E-state index in [0.717, 1.165) is 25.3 Å². The van der Waals surface area contributed by atoms with Gasteiger partial charge in [-0.1, -0.05) is 6.92 Å². The number of hydrogen-bond acceptors (Lipinski definition) is 3. The number of aryl methyl sites for hydroxylation is 1. The van der Waals surface area contributed by atoms with E-state index in [-0.39, 0.29) is 0 Å². The highest BCUT2D eigenvalue weighted by Gasteiger charge is 1.99.